The maximum atomic E-state index is 14.1. The Bertz CT molecular complexity index is 1160. The van der Waals surface area contributed by atoms with Crippen LogP contribution in [0.2, 0.25) is 0 Å². The number of unbranched alkanes of at least 4 members (excludes halogenated alkanes) is 8. The second kappa shape index (κ2) is 17.7. The summed E-state index contributed by atoms with van der Waals surface area (Å²) in [6.45, 7) is 2.07. The molecule has 1 saturated carbocycles. The van der Waals surface area contributed by atoms with Crippen LogP contribution in [0.3, 0.4) is 0 Å². The summed E-state index contributed by atoms with van der Waals surface area (Å²) in [5, 5.41) is 24.2. The smallest absolute Gasteiger partial charge is 0.247 e. The Morgan fingerprint density at radius 3 is 2.31 bits per heavy atom. The van der Waals surface area contributed by atoms with Crippen LogP contribution in [-0.2, 0) is 9.59 Å². The summed E-state index contributed by atoms with van der Waals surface area (Å²) in [5.41, 5.74) is 1.33. The number of nitrogens with one attached hydrogen (secondary N) is 1. The van der Waals surface area contributed by atoms with Crippen molar-refractivity contribution in [1.29, 1.82) is 0 Å². The van der Waals surface area contributed by atoms with E-state index < -0.39 is 30.1 Å². The molecule has 9 heteroatoms. The van der Waals surface area contributed by atoms with Gasteiger partial charge in [0.1, 0.15) is 18.5 Å². The number of carbonyl (C=O) groups is 3. The fourth-order valence-electron chi connectivity index (χ4n) is 7.39. The highest BCUT2D eigenvalue weighted by atomic mass is 16.5. The molecule has 2 aliphatic carbocycles. The molecule has 4 rings (SSSR count). The summed E-state index contributed by atoms with van der Waals surface area (Å²) in [4.78, 5) is 41.4. The van der Waals surface area contributed by atoms with Gasteiger partial charge in [-0.2, -0.15) is 0 Å². The number of fused-ring (bicyclic) bond motifs is 3. The van der Waals surface area contributed by atoms with Gasteiger partial charge in [-0.25, -0.2) is 0 Å². The van der Waals surface area contributed by atoms with Gasteiger partial charge in [-0.15, -0.1) is 0 Å². The van der Waals surface area contributed by atoms with E-state index in [0.29, 0.717) is 40.9 Å². The Morgan fingerprint density at radius 1 is 1.02 bits per heavy atom. The number of aliphatic hydroxyl groups is 2. The van der Waals surface area contributed by atoms with Crippen LogP contribution in [0.15, 0.2) is 23.8 Å². The molecule has 3 aliphatic rings. The number of hydrogen-bond donors (Lipinski definition) is 3. The predicted molar refractivity (Wildman–Crippen MR) is 174 cm³/mol. The summed E-state index contributed by atoms with van der Waals surface area (Å²) in [6, 6.07) is 2.47. The van der Waals surface area contributed by atoms with E-state index in [4.69, 9.17) is 9.47 Å². The molecule has 3 N–H and O–H groups in total. The molecule has 1 aromatic rings. The normalized spacial score (nSPS) is 22.8. The Labute approximate surface area is 268 Å². The highest BCUT2D eigenvalue weighted by Crippen LogP contribution is 2.51. The maximum absolute atomic E-state index is 14.1. The number of methoxy groups -OCH3 is 1. The van der Waals surface area contributed by atoms with Crippen LogP contribution in [0.25, 0.3) is 0 Å². The molecule has 1 fully saturated rings. The third-order valence-corrected chi connectivity index (χ3v) is 9.73. The lowest BCUT2D eigenvalue weighted by Crippen LogP contribution is -2.58. The van der Waals surface area contributed by atoms with Gasteiger partial charge >= 0.3 is 0 Å². The lowest BCUT2D eigenvalue weighted by atomic mass is 9.76. The fraction of sp³-hybridized carbons (Fsp3) is 0.694. The van der Waals surface area contributed by atoms with Crippen LogP contribution in [0.5, 0.6) is 11.5 Å². The highest BCUT2D eigenvalue weighted by molar-refractivity contribution is 5.96. The van der Waals surface area contributed by atoms with E-state index >= 15 is 0 Å². The molecule has 1 aromatic carbocycles. The van der Waals surface area contributed by atoms with E-state index in [1.807, 2.05) is 4.90 Å². The van der Waals surface area contributed by atoms with Crippen LogP contribution < -0.4 is 14.8 Å². The van der Waals surface area contributed by atoms with Crippen molar-refractivity contribution >= 4 is 18.1 Å². The molecule has 9 nitrogen and oxygen atoms in total. The first kappa shape index (κ1) is 35.0. The zero-order chi connectivity index (χ0) is 32.2. The highest BCUT2D eigenvalue weighted by Gasteiger charge is 2.52. The van der Waals surface area contributed by atoms with E-state index in [2.05, 4.69) is 12.2 Å². The average molecular weight is 627 g/mol. The van der Waals surface area contributed by atoms with E-state index in [1.165, 1.54) is 45.6 Å². The SMILES string of the molecule is CCCCCCCCCCCC(=O)N(C1CCCCCC1)C1C=C(C(=O)NCCO)C2c3cc(C=O)cc(OC)c3OC2C1O. The van der Waals surface area contributed by atoms with Crippen molar-refractivity contribution in [2.75, 3.05) is 20.3 Å². The van der Waals surface area contributed by atoms with Crippen LogP contribution in [0.4, 0.5) is 0 Å². The first-order chi connectivity index (χ1) is 21.9. The third kappa shape index (κ3) is 8.67. The Balaban J connectivity index is 1.61. The number of carbonyl (C=O) groups excluding carboxylic acids is 3. The summed E-state index contributed by atoms with van der Waals surface area (Å²) in [5.74, 6) is -0.307. The average Bonchev–Trinajstić information content (AvgIpc) is 3.24. The molecule has 0 aromatic heterocycles. The number of aldehydes is 1. The maximum Gasteiger partial charge on any atom is 0.247 e. The molecule has 1 heterocycles. The molecule has 250 valence electrons. The minimum Gasteiger partial charge on any atom is -0.493 e. The summed E-state index contributed by atoms with van der Waals surface area (Å²) < 4.78 is 11.9. The Kier molecular flexibility index (Phi) is 13.7. The van der Waals surface area contributed by atoms with Gasteiger partial charge in [0, 0.05) is 35.7 Å². The number of benzene rings is 1. The summed E-state index contributed by atoms with van der Waals surface area (Å²) in [6.07, 6.45) is 17.4. The molecule has 0 radical (unpaired) electrons. The van der Waals surface area contributed by atoms with Gasteiger partial charge in [0.2, 0.25) is 11.8 Å². The summed E-state index contributed by atoms with van der Waals surface area (Å²) >= 11 is 0. The van der Waals surface area contributed by atoms with E-state index in [0.717, 1.165) is 57.8 Å². The van der Waals surface area contributed by atoms with Crippen molar-refractivity contribution in [3.8, 4) is 11.5 Å². The second-order valence-corrected chi connectivity index (χ2v) is 12.9. The molecule has 1 aliphatic heterocycles. The number of nitrogens with zero attached hydrogens (tertiary/aromatic N) is 1. The van der Waals surface area contributed by atoms with Crippen molar-refractivity contribution in [3.63, 3.8) is 0 Å². The van der Waals surface area contributed by atoms with Gasteiger partial charge in [0.05, 0.1) is 25.7 Å². The third-order valence-electron chi connectivity index (χ3n) is 9.73. The van der Waals surface area contributed by atoms with Crippen molar-refractivity contribution < 1.29 is 34.1 Å². The lowest BCUT2D eigenvalue weighted by molar-refractivity contribution is -0.141. The molecular formula is C36H54N2O7. The minimum atomic E-state index is -1.10. The van der Waals surface area contributed by atoms with E-state index in [9.17, 15) is 24.6 Å². The minimum absolute atomic E-state index is 0.00930. The van der Waals surface area contributed by atoms with Gasteiger partial charge in [-0.05, 0) is 37.5 Å². The molecule has 4 unspecified atom stereocenters. The molecule has 4 atom stereocenters. The van der Waals surface area contributed by atoms with Gasteiger partial charge in [0.25, 0.3) is 0 Å². The van der Waals surface area contributed by atoms with Gasteiger partial charge in [0.15, 0.2) is 11.5 Å². The molecule has 45 heavy (non-hydrogen) atoms. The fourth-order valence-corrected chi connectivity index (χ4v) is 7.39. The summed E-state index contributed by atoms with van der Waals surface area (Å²) in [7, 11) is 1.48. The van der Waals surface area contributed by atoms with Crippen LogP contribution in [0.1, 0.15) is 131 Å². The number of aliphatic hydroxyl groups excluding tert-OH is 2. The first-order valence-corrected chi connectivity index (χ1v) is 17.4. The van der Waals surface area contributed by atoms with Crippen molar-refractivity contribution in [2.24, 2.45) is 0 Å². The van der Waals surface area contributed by atoms with Gasteiger partial charge in [-0.3, -0.25) is 14.4 Å². The standard InChI is InChI=1S/C36H54N2O7/c1-3-4-5-6-7-8-9-10-15-18-31(41)38(26-16-13-11-12-14-17-26)29-23-28(36(43)37-19-20-39)32-27-21-25(24-40)22-30(44-2)34(27)45-35(32)33(29)42/h21-24,26,29,32-33,35,39,42H,3-20H2,1-2H3,(H,37,43). The van der Waals surface area contributed by atoms with E-state index in [1.54, 1.807) is 18.2 Å². The molecule has 2 amide bonds. The quantitative estimate of drug-likeness (QED) is 0.117. The Morgan fingerprint density at radius 2 is 1.69 bits per heavy atom. The zero-order valence-corrected chi connectivity index (χ0v) is 27.3. The Hall–Kier alpha value is -2.91. The van der Waals surface area contributed by atoms with Crippen LogP contribution in [-0.4, -0.2) is 77.8 Å². The van der Waals surface area contributed by atoms with Gasteiger partial charge in [-0.1, -0.05) is 84.0 Å². The van der Waals surface area contributed by atoms with Crippen molar-refractivity contribution in [2.45, 2.75) is 140 Å². The lowest BCUT2D eigenvalue weighted by Gasteiger charge is -2.44. The van der Waals surface area contributed by atoms with Crippen molar-refractivity contribution in [1.82, 2.24) is 10.2 Å². The predicted octanol–water partition coefficient (Wildman–Crippen LogP) is 5.60. The zero-order valence-electron chi connectivity index (χ0n) is 27.3. The molecule has 0 bridgehead atoms. The molecular weight excluding hydrogens is 572 g/mol. The monoisotopic (exact) mass is 626 g/mol. The van der Waals surface area contributed by atoms with Crippen LogP contribution in [0, 0.1) is 0 Å². The number of hydrogen-bond acceptors (Lipinski definition) is 7. The number of ether oxygens (including phenoxy) is 2. The second-order valence-electron chi connectivity index (χ2n) is 12.9. The first-order valence-electron chi connectivity index (χ1n) is 17.4. The van der Waals surface area contributed by atoms with Crippen molar-refractivity contribution in [3.05, 3.63) is 34.9 Å². The molecule has 0 saturated heterocycles. The topological polar surface area (TPSA) is 125 Å². The van der Waals surface area contributed by atoms with Gasteiger partial charge < -0.3 is 29.9 Å². The largest absolute Gasteiger partial charge is 0.493 e. The number of amides is 2. The molecule has 0 spiro atoms. The van der Waals surface area contributed by atoms with Crippen LogP contribution >= 0.6 is 0 Å². The number of rotatable bonds is 17. The van der Waals surface area contributed by atoms with E-state index in [-0.39, 0.29) is 25.1 Å².